The van der Waals surface area contributed by atoms with Crippen LogP contribution in [0.5, 0.6) is 0 Å². The Labute approximate surface area is 134 Å². The average Bonchev–Trinajstić information content (AvgIpc) is 2.71. The van der Waals surface area contributed by atoms with E-state index in [2.05, 4.69) is 15.9 Å². The molecule has 0 radical (unpaired) electrons. The maximum absolute atomic E-state index is 12.6. The molecule has 1 aromatic rings. The number of thiophene rings is 1. The minimum absolute atomic E-state index is 0.218. The molecule has 0 N–H and O–H groups in total. The summed E-state index contributed by atoms with van der Waals surface area (Å²) < 4.78 is 32.9. The summed E-state index contributed by atoms with van der Waals surface area (Å²) >= 11 is 16.0. The average molecular weight is 409 g/mol. The molecule has 0 aliphatic carbocycles. The van der Waals surface area contributed by atoms with E-state index in [1.54, 1.807) is 0 Å². The smallest absolute Gasteiger partial charge is 0.253 e. The lowest BCUT2D eigenvalue weighted by atomic mass is 10.2. The molecule has 2 heterocycles. The molecule has 0 saturated carbocycles. The van der Waals surface area contributed by atoms with Crippen LogP contribution in [0.2, 0.25) is 5.02 Å². The van der Waals surface area contributed by atoms with Gasteiger partial charge in [-0.15, -0.1) is 22.9 Å². The van der Waals surface area contributed by atoms with Crippen LogP contribution in [-0.4, -0.2) is 43.9 Å². The Balaban J connectivity index is 2.32. The van der Waals surface area contributed by atoms with Crippen molar-refractivity contribution >= 4 is 60.5 Å². The third-order valence-electron chi connectivity index (χ3n) is 2.81. The van der Waals surface area contributed by atoms with Crippen LogP contribution in [0.3, 0.4) is 0 Å². The summed E-state index contributed by atoms with van der Waals surface area (Å²) in [6, 6.07) is 1.24. The third-order valence-corrected chi connectivity index (χ3v) is 8.05. The molecule has 1 fully saturated rings. The van der Waals surface area contributed by atoms with Gasteiger partial charge in [-0.3, -0.25) is 0 Å². The summed E-state index contributed by atoms with van der Waals surface area (Å²) in [7, 11) is -3.56. The van der Waals surface area contributed by atoms with Gasteiger partial charge >= 0.3 is 0 Å². The van der Waals surface area contributed by atoms with Crippen LogP contribution < -0.4 is 0 Å². The lowest BCUT2D eigenvalue weighted by molar-refractivity contribution is -0.0151. The summed E-state index contributed by atoms with van der Waals surface area (Å²) in [6.45, 7) is 2.42. The molecule has 19 heavy (non-hydrogen) atoms. The van der Waals surface area contributed by atoms with Crippen molar-refractivity contribution in [2.24, 2.45) is 0 Å². The molecule has 9 heteroatoms. The minimum Gasteiger partial charge on any atom is -0.374 e. The Morgan fingerprint density at radius 2 is 2.32 bits per heavy atom. The third kappa shape index (κ3) is 3.28. The number of alkyl halides is 1. The Morgan fingerprint density at radius 1 is 1.63 bits per heavy atom. The Kier molecular flexibility index (Phi) is 5.20. The maximum Gasteiger partial charge on any atom is 0.253 e. The first-order valence-corrected chi connectivity index (χ1v) is 9.46. The molecule has 2 rings (SSSR count). The summed E-state index contributed by atoms with van der Waals surface area (Å²) in [5, 5.41) is 0.401. The van der Waals surface area contributed by atoms with Crippen LogP contribution in [0.1, 0.15) is 6.92 Å². The van der Waals surface area contributed by atoms with Gasteiger partial charge in [0, 0.05) is 18.5 Å². The molecule has 108 valence electrons. The number of ether oxygens (including phenoxy) is 1. The van der Waals surface area contributed by atoms with Crippen molar-refractivity contribution in [3.8, 4) is 0 Å². The Morgan fingerprint density at radius 3 is 2.84 bits per heavy atom. The van der Waals surface area contributed by atoms with E-state index in [4.69, 9.17) is 27.9 Å². The zero-order valence-corrected chi connectivity index (χ0v) is 14.7. The van der Waals surface area contributed by atoms with Gasteiger partial charge in [-0.1, -0.05) is 11.6 Å². The molecule has 2 atom stereocenters. The first-order valence-electron chi connectivity index (χ1n) is 5.50. The molecule has 0 bridgehead atoms. The highest BCUT2D eigenvalue weighted by Crippen LogP contribution is 2.36. The molecule has 1 aliphatic heterocycles. The van der Waals surface area contributed by atoms with Crippen LogP contribution in [0.25, 0.3) is 0 Å². The maximum atomic E-state index is 12.6. The Bertz CT molecular complexity index is 544. The number of hydrogen-bond acceptors (Lipinski definition) is 4. The van der Waals surface area contributed by atoms with Gasteiger partial charge in [-0.25, -0.2) is 8.42 Å². The Hall–Kier alpha value is 0.630. The molecule has 0 amide bonds. The van der Waals surface area contributed by atoms with E-state index in [1.165, 1.54) is 10.4 Å². The monoisotopic (exact) mass is 407 g/mol. The summed E-state index contributed by atoms with van der Waals surface area (Å²) in [5.74, 6) is 0.271. The van der Waals surface area contributed by atoms with Crippen molar-refractivity contribution in [1.29, 1.82) is 0 Å². The van der Waals surface area contributed by atoms with Crippen molar-refractivity contribution < 1.29 is 13.2 Å². The fourth-order valence-electron chi connectivity index (χ4n) is 1.79. The minimum atomic E-state index is -3.56. The van der Waals surface area contributed by atoms with Crippen molar-refractivity contribution in [2.75, 3.05) is 19.0 Å². The molecule has 4 nitrogen and oxygen atoms in total. The quantitative estimate of drug-likeness (QED) is 0.721. The van der Waals surface area contributed by atoms with Crippen molar-refractivity contribution in [2.45, 2.75) is 23.3 Å². The van der Waals surface area contributed by atoms with E-state index in [0.29, 0.717) is 15.4 Å². The van der Waals surface area contributed by atoms with Crippen molar-refractivity contribution in [1.82, 2.24) is 4.31 Å². The zero-order valence-electron chi connectivity index (χ0n) is 9.98. The van der Waals surface area contributed by atoms with E-state index < -0.39 is 10.0 Å². The van der Waals surface area contributed by atoms with Gasteiger partial charge in [0.25, 0.3) is 10.0 Å². The normalized spacial score (nSPS) is 25.7. The van der Waals surface area contributed by atoms with Crippen LogP contribution in [0, 0.1) is 0 Å². The molecule has 0 spiro atoms. The SMILES string of the molecule is CC1COC(CCl)CN1S(=O)(=O)c1cc(Cl)c(Br)s1. The first-order chi connectivity index (χ1) is 8.86. The molecular formula is C10H12BrCl2NO3S2. The van der Waals surface area contributed by atoms with E-state index in [-0.39, 0.29) is 28.8 Å². The van der Waals surface area contributed by atoms with Gasteiger partial charge in [0.2, 0.25) is 0 Å². The lowest BCUT2D eigenvalue weighted by Gasteiger charge is -2.35. The fourth-order valence-corrected chi connectivity index (χ4v) is 6.15. The van der Waals surface area contributed by atoms with Gasteiger partial charge in [-0.05, 0) is 28.9 Å². The lowest BCUT2D eigenvalue weighted by Crippen LogP contribution is -2.51. The predicted molar refractivity (Wildman–Crippen MR) is 80.8 cm³/mol. The van der Waals surface area contributed by atoms with Gasteiger partial charge in [0.15, 0.2) is 0 Å². The van der Waals surface area contributed by atoms with E-state index in [1.807, 2.05) is 6.92 Å². The van der Waals surface area contributed by atoms with Gasteiger partial charge in [-0.2, -0.15) is 4.31 Å². The summed E-state index contributed by atoms with van der Waals surface area (Å²) in [5.41, 5.74) is 0. The van der Waals surface area contributed by atoms with Gasteiger partial charge in [0.1, 0.15) is 4.21 Å². The van der Waals surface area contributed by atoms with Crippen molar-refractivity contribution in [3.05, 3.63) is 14.9 Å². The second kappa shape index (κ2) is 6.17. The highest BCUT2D eigenvalue weighted by molar-refractivity contribution is 9.11. The van der Waals surface area contributed by atoms with Crippen LogP contribution in [0.4, 0.5) is 0 Å². The molecule has 1 saturated heterocycles. The second-order valence-corrected chi connectivity index (χ2v) is 9.42. The number of rotatable bonds is 3. The largest absolute Gasteiger partial charge is 0.374 e. The predicted octanol–water partition coefficient (Wildman–Crippen LogP) is 3.18. The van der Waals surface area contributed by atoms with E-state index >= 15 is 0 Å². The fraction of sp³-hybridized carbons (Fsp3) is 0.600. The van der Waals surface area contributed by atoms with Crippen molar-refractivity contribution in [3.63, 3.8) is 0 Å². The highest BCUT2D eigenvalue weighted by atomic mass is 79.9. The number of nitrogens with zero attached hydrogens (tertiary/aromatic N) is 1. The second-order valence-electron chi connectivity index (χ2n) is 4.22. The van der Waals surface area contributed by atoms with Gasteiger partial charge < -0.3 is 4.74 Å². The molecule has 1 aromatic heterocycles. The van der Waals surface area contributed by atoms with Crippen LogP contribution in [0.15, 0.2) is 14.1 Å². The molecular weight excluding hydrogens is 397 g/mol. The molecule has 2 unspecified atom stereocenters. The number of hydrogen-bond donors (Lipinski definition) is 0. The highest BCUT2D eigenvalue weighted by Gasteiger charge is 2.36. The van der Waals surface area contributed by atoms with Crippen LogP contribution in [-0.2, 0) is 14.8 Å². The van der Waals surface area contributed by atoms with Gasteiger partial charge in [0.05, 0.1) is 21.5 Å². The van der Waals surface area contributed by atoms with E-state index in [9.17, 15) is 8.42 Å². The topological polar surface area (TPSA) is 46.6 Å². The van der Waals surface area contributed by atoms with E-state index in [0.717, 1.165) is 11.3 Å². The molecule has 0 aromatic carbocycles. The van der Waals surface area contributed by atoms with Crippen LogP contribution >= 0.6 is 50.5 Å². The summed E-state index contributed by atoms with van der Waals surface area (Å²) in [4.78, 5) is 0. The zero-order chi connectivity index (χ0) is 14.2. The standard InChI is InChI=1S/C10H12BrCl2NO3S2/c1-6-5-17-7(3-12)4-14(6)19(15,16)9-2-8(13)10(11)18-9/h2,6-7H,3-5H2,1H3. The number of morpholine rings is 1. The first kappa shape index (κ1) is 16.0. The summed E-state index contributed by atoms with van der Waals surface area (Å²) in [6.07, 6.45) is -0.272. The number of sulfonamides is 1. The molecule has 1 aliphatic rings. The number of halogens is 3.